The number of rotatable bonds is 5. The van der Waals surface area contributed by atoms with Crippen molar-refractivity contribution < 1.29 is 9.53 Å². The minimum atomic E-state index is -0.540. The summed E-state index contributed by atoms with van der Waals surface area (Å²) in [5.41, 5.74) is 3.34. The van der Waals surface area contributed by atoms with Crippen molar-refractivity contribution in [3.05, 3.63) is 52.6 Å². The molecule has 1 aliphatic rings. The molecule has 0 aliphatic carbocycles. The van der Waals surface area contributed by atoms with Crippen LogP contribution in [0.3, 0.4) is 0 Å². The number of carbonyl (C=O) groups excluding carboxylic acids is 1. The molecule has 0 atom stereocenters. The largest absolute Gasteiger partial charge is 0.481 e. The average Bonchev–Trinajstić information content (AvgIpc) is 2.66. The van der Waals surface area contributed by atoms with Gasteiger partial charge in [0.05, 0.1) is 29.4 Å². The molecule has 0 saturated heterocycles. The van der Waals surface area contributed by atoms with Gasteiger partial charge in [-0.25, -0.2) is 19.8 Å². The number of aliphatic imine (C=N–C) groups is 1. The fourth-order valence-corrected chi connectivity index (χ4v) is 2.62. The zero-order valence-corrected chi connectivity index (χ0v) is 15.6. The Morgan fingerprint density at radius 3 is 2.59 bits per heavy atom. The number of halogens is 2. The minimum absolute atomic E-state index is 0.287. The topological polar surface area (TPSA) is 104 Å². The smallest absolute Gasteiger partial charge is 0.324 e. The Morgan fingerprint density at radius 2 is 1.93 bits per heavy atom. The number of amides is 2. The number of urea groups is 1. The van der Waals surface area contributed by atoms with E-state index in [-0.39, 0.29) is 5.82 Å². The Hall–Kier alpha value is -3.04. The quantitative estimate of drug-likeness (QED) is 0.699. The van der Waals surface area contributed by atoms with E-state index in [9.17, 15) is 4.79 Å². The van der Waals surface area contributed by atoms with E-state index in [4.69, 9.17) is 27.9 Å². The molecule has 0 fully saturated rings. The van der Waals surface area contributed by atoms with Crippen LogP contribution >= 0.6 is 23.2 Å². The molecule has 2 heterocycles. The van der Waals surface area contributed by atoms with Crippen LogP contribution < -0.4 is 16.1 Å². The molecule has 1 aromatic heterocycles. The van der Waals surface area contributed by atoms with Crippen molar-refractivity contribution in [3.63, 3.8) is 0 Å². The summed E-state index contributed by atoms with van der Waals surface area (Å²) in [5.74, 6) is 1.29. The second-order valence-corrected chi connectivity index (χ2v) is 6.03. The lowest BCUT2D eigenvalue weighted by Gasteiger charge is -2.22. The van der Waals surface area contributed by atoms with Gasteiger partial charge < -0.3 is 10.1 Å². The van der Waals surface area contributed by atoms with Gasteiger partial charge >= 0.3 is 6.03 Å². The van der Waals surface area contributed by atoms with E-state index in [1.165, 1.54) is 6.33 Å². The molecule has 0 radical (unpaired) electrons. The summed E-state index contributed by atoms with van der Waals surface area (Å²) in [6, 6.07) is 5.96. The maximum Gasteiger partial charge on any atom is 0.324 e. The van der Waals surface area contributed by atoms with Gasteiger partial charge in [-0.05, 0) is 18.2 Å². The van der Waals surface area contributed by atoms with Crippen molar-refractivity contribution in [2.75, 3.05) is 29.7 Å². The number of methoxy groups -OCH3 is 1. The number of ether oxygens (including phenoxy) is 1. The van der Waals surface area contributed by atoms with Crippen molar-refractivity contribution in [2.24, 2.45) is 4.99 Å². The van der Waals surface area contributed by atoms with Crippen molar-refractivity contribution >= 4 is 52.9 Å². The second-order valence-electron chi connectivity index (χ2n) is 5.22. The summed E-state index contributed by atoms with van der Waals surface area (Å²) in [6.45, 7) is 0.533. The number of para-hydroxylation sites is 1. The van der Waals surface area contributed by atoms with Crippen LogP contribution in [-0.2, 0) is 4.74 Å². The van der Waals surface area contributed by atoms with Gasteiger partial charge in [0.15, 0.2) is 0 Å². The molecule has 0 bridgehead atoms. The lowest BCUT2D eigenvalue weighted by molar-refractivity contribution is 0.262. The Balaban J connectivity index is 1.61. The van der Waals surface area contributed by atoms with E-state index in [2.05, 4.69) is 31.0 Å². The van der Waals surface area contributed by atoms with Crippen LogP contribution in [0.1, 0.15) is 0 Å². The fourth-order valence-electron chi connectivity index (χ4n) is 2.13. The van der Waals surface area contributed by atoms with Gasteiger partial charge in [-0.2, -0.15) is 0 Å². The summed E-state index contributed by atoms with van der Waals surface area (Å²) in [6.07, 6.45) is 4.69. The molecule has 0 saturated carbocycles. The number of hydrogen-bond acceptors (Lipinski definition) is 7. The Kier molecular flexibility index (Phi) is 5.94. The molecular weight excluding hydrogens is 393 g/mol. The molecule has 140 valence electrons. The van der Waals surface area contributed by atoms with E-state index < -0.39 is 6.03 Å². The molecule has 3 rings (SSSR count). The summed E-state index contributed by atoms with van der Waals surface area (Å²) in [5, 5.41) is 7.54. The third kappa shape index (κ3) is 4.99. The summed E-state index contributed by atoms with van der Waals surface area (Å²) in [7, 11) is 1.55. The van der Waals surface area contributed by atoms with Gasteiger partial charge in [-0.3, -0.25) is 15.8 Å². The van der Waals surface area contributed by atoms with Crippen LogP contribution in [0.5, 0.6) is 0 Å². The first kappa shape index (κ1) is 18.7. The highest BCUT2D eigenvalue weighted by molar-refractivity contribution is 6.39. The van der Waals surface area contributed by atoms with Crippen molar-refractivity contribution in [2.45, 2.75) is 0 Å². The maximum atomic E-state index is 12.2. The molecule has 11 heteroatoms. The van der Waals surface area contributed by atoms with Crippen LogP contribution in [0, 0.1) is 0 Å². The number of hydrogen-bond donors (Lipinski definition) is 3. The third-order valence-electron chi connectivity index (χ3n) is 3.36. The van der Waals surface area contributed by atoms with E-state index in [0.717, 1.165) is 0 Å². The number of benzene rings is 1. The normalized spacial score (nSPS) is 13.0. The standard InChI is InChI=1S/C16H15Cl2N7O2/c1-27-14-5-6-25(9-21-14)24-13-7-12(19-8-20-13)22-16(26)23-15-10(17)3-2-4-11(15)18/h2-5,7-9H,6H2,1H3,(H3,19,20,22,23,24,26). The van der Waals surface area contributed by atoms with E-state index in [1.807, 2.05) is 0 Å². The SMILES string of the molecule is COC1=CCN(Nc2cc(NC(=O)Nc3c(Cl)cccc3Cl)ncn2)C=N1. The monoisotopic (exact) mass is 407 g/mol. The molecule has 9 nitrogen and oxygen atoms in total. The molecular formula is C16H15Cl2N7O2. The van der Waals surface area contributed by atoms with E-state index in [1.54, 1.807) is 48.8 Å². The fraction of sp³-hybridized carbons (Fsp3) is 0.125. The Labute approximate surface area is 165 Å². The van der Waals surface area contributed by atoms with Crippen LogP contribution in [0.15, 0.2) is 47.5 Å². The number of aromatic nitrogens is 2. The maximum absolute atomic E-state index is 12.2. The van der Waals surface area contributed by atoms with Crippen LogP contribution in [-0.4, -0.2) is 41.0 Å². The number of carbonyl (C=O) groups is 1. The number of hydrazine groups is 1. The molecule has 1 aromatic carbocycles. The van der Waals surface area contributed by atoms with Crippen LogP contribution in [0.2, 0.25) is 10.0 Å². The lowest BCUT2D eigenvalue weighted by Crippen LogP contribution is -2.31. The van der Waals surface area contributed by atoms with Crippen LogP contribution in [0.25, 0.3) is 0 Å². The molecule has 2 amide bonds. The first-order valence-electron chi connectivity index (χ1n) is 7.71. The average molecular weight is 408 g/mol. The van der Waals surface area contributed by atoms with Gasteiger partial charge in [0, 0.05) is 6.07 Å². The van der Waals surface area contributed by atoms with Gasteiger partial charge in [0.25, 0.3) is 0 Å². The summed E-state index contributed by atoms with van der Waals surface area (Å²) >= 11 is 12.1. The summed E-state index contributed by atoms with van der Waals surface area (Å²) < 4.78 is 5.03. The molecule has 2 aromatic rings. The van der Waals surface area contributed by atoms with E-state index >= 15 is 0 Å². The predicted molar refractivity (Wildman–Crippen MR) is 105 cm³/mol. The molecule has 0 spiro atoms. The zero-order chi connectivity index (χ0) is 19.2. The highest BCUT2D eigenvalue weighted by Crippen LogP contribution is 2.29. The number of nitrogens with one attached hydrogen (secondary N) is 3. The molecule has 3 N–H and O–H groups in total. The second kappa shape index (κ2) is 8.56. The van der Waals surface area contributed by atoms with E-state index in [0.29, 0.717) is 34.0 Å². The Bertz CT molecular complexity index is 884. The number of anilines is 3. The first-order chi connectivity index (χ1) is 13.0. The lowest BCUT2D eigenvalue weighted by atomic mass is 10.3. The van der Waals surface area contributed by atoms with Crippen molar-refractivity contribution in [1.82, 2.24) is 15.0 Å². The first-order valence-corrected chi connectivity index (χ1v) is 8.46. The van der Waals surface area contributed by atoms with Gasteiger partial charge in [-0.15, -0.1) is 0 Å². The Morgan fingerprint density at radius 1 is 1.19 bits per heavy atom. The minimum Gasteiger partial charge on any atom is -0.481 e. The van der Waals surface area contributed by atoms with Crippen molar-refractivity contribution in [1.29, 1.82) is 0 Å². The van der Waals surface area contributed by atoms with Gasteiger partial charge in [0.2, 0.25) is 5.88 Å². The third-order valence-corrected chi connectivity index (χ3v) is 3.99. The zero-order valence-electron chi connectivity index (χ0n) is 14.1. The van der Waals surface area contributed by atoms with Gasteiger partial charge in [0.1, 0.15) is 24.3 Å². The predicted octanol–water partition coefficient (Wildman–Crippen LogP) is 3.59. The summed E-state index contributed by atoms with van der Waals surface area (Å²) in [4.78, 5) is 24.4. The number of nitrogens with zero attached hydrogens (tertiary/aromatic N) is 4. The molecule has 27 heavy (non-hydrogen) atoms. The highest BCUT2D eigenvalue weighted by Gasteiger charge is 2.11. The highest BCUT2D eigenvalue weighted by atomic mass is 35.5. The molecule has 0 unspecified atom stereocenters. The van der Waals surface area contributed by atoms with Gasteiger partial charge in [-0.1, -0.05) is 29.3 Å². The molecule has 1 aliphatic heterocycles. The van der Waals surface area contributed by atoms with Crippen LogP contribution in [0.4, 0.5) is 22.1 Å². The van der Waals surface area contributed by atoms with Crippen molar-refractivity contribution in [3.8, 4) is 0 Å².